The number of nitrogens with one attached hydrogen (secondary N) is 1. The summed E-state index contributed by atoms with van der Waals surface area (Å²) in [6, 6.07) is 1.60. The van der Waals surface area contributed by atoms with Crippen LogP contribution in [0.5, 0.6) is 0 Å². The van der Waals surface area contributed by atoms with Gasteiger partial charge in [-0.1, -0.05) is 0 Å². The van der Waals surface area contributed by atoms with Gasteiger partial charge in [-0.05, 0) is 6.07 Å². The van der Waals surface area contributed by atoms with Crippen molar-refractivity contribution in [2.45, 2.75) is 49.1 Å². The van der Waals surface area contributed by atoms with E-state index in [1.807, 2.05) is 0 Å². The van der Waals surface area contributed by atoms with E-state index in [9.17, 15) is 34.7 Å². The molecule has 5 unspecified atom stereocenters. The molecule has 6 rings (SSSR count). The molecule has 20 nitrogen and oxygen atoms in total. The van der Waals surface area contributed by atoms with Gasteiger partial charge >= 0.3 is 7.82 Å². The lowest BCUT2D eigenvalue weighted by Gasteiger charge is -2.24. The molecule has 10 N–H and O–H groups in total. The fourth-order valence-electron chi connectivity index (χ4n) is 4.98. The van der Waals surface area contributed by atoms with Crippen molar-refractivity contribution in [1.82, 2.24) is 34.1 Å². The SMILES string of the molecule is Nc1nc2c(ncn2[C@@H]2O[C@H](CO)C(O)C2OP(=O)(O)OC[C@H]2O[C@@H](n3ccc4c(N)ncnc43)C(O)C2O)c(=O)[nH]1. The highest BCUT2D eigenvalue weighted by molar-refractivity contribution is 7.47. The molecule has 0 spiro atoms. The Morgan fingerprint density at radius 1 is 1.02 bits per heavy atom. The molecule has 0 amide bonds. The third-order valence-corrected chi connectivity index (χ3v) is 8.01. The number of aliphatic hydroxyl groups excluding tert-OH is 4. The summed E-state index contributed by atoms with van der Waals surface area (Å²) in [4.78, 5) is 40.9. The van der Waals surface area contributed by atoms with Crippen molar-refractivity contribution in [3.05, 3.63) is 35.3 Å². The van der Waals surface area contributed by atoms with Crippen molar-refractivity contribution in [3.8, 4) is 0 Å². The van der Waals surface area contributed by atoms with Crippen LogP contribution in [0.15, 0.2) is 29.7 Å². The van der Waals surface area contributed by atoms with E-state index >= 15 is 0 Å². The summed E-state index contributed by atoms with van der Waals surface area (Å²) < 4.78 is 37.2. The zero-order valence-corrected chi connectivity index (χ0v) is 22.2. The molecule has 9 atom stereocenters. The lowest BCUT2D eigenvalue weighted by molar-refractivity contribution is -0.0614. The standard InChI is InChI=1S/C21H26N9O11P/c22-15-7-1-2-29(16(7)25-5-24-15)19-13(34)11(32)9(40-19)4-38-42(36,37)41-14-12(33)8(3-31)39-20(14)30-6-26-10-17(30)27-21(23)28-18(10)35/h1-2,5-6,8-9,11-14,19-20,31-34H,3-4H2,(H,36,37)(H2,22,24,25)(H3,23,27,28,35)/t8-,9-,11?,12?,13?,14?,19-,20-/m1/s1. The van der Waals surface area contributed by atoms with Gasteiger partial charge in [0.05, 0.1) is 24.9 Å². The van der Waals surface area contributed by atoms with Crippen molar-refractivity contribution in [3.63, 3.8) is 0 Å². The summed E-state index contributed by atoms with van der Waals surface area (Å²) >= 11 is 0. The maximum atomic E-state index is 13.0. The number of phosphoric ester groups is 1. The minimum atomic E-state index is -5.04. The Kier molecular flexibility index (Phi) is 7.22. The normalized spacial score (nSPS) is 31.3. The molecule has 4 aromatic heterocycles. The molecule has 2 saturated heterocycles. The zero-order chi connectivity index (χ0) is 29.9. The number of fused-ring (bicyclic) bond motifs is 2. The van der Waals surface area contributed by atoms with E-state index in [0.29, 0.717) is 11.0 Å². The Hall–Kier alpha value is -3.56. The second kappa shape index (κ2) is 10.6. The number of hydrogen-bond donors (Lipinski definition) is 8. The van der Waals surface area contributed by atoms with Crippen molar-refractivity contribution < 1.29 is 48.4 Å². The molecule has 2 aliphatic rings. The molecule has 42 heavy (non-hydrogen) atoms. The summed E-state index contributed by atoms with van der Waals surface area (Å²) in [5.41, 5.74) is 10.9. The molecule has 4 aromatic rings. The molecule has 0 aliphatic carbocycles. The number of aromatic amines is 1. The van der Waals surface area contributed by atoms with E-state index in [4.69, 9.17) is 30.0 Å². The fraction of sp³-hybridized carbons (Fsp3) is 0.476. The van der Waals surface area contributed by atoms with Gasteiger partial charge in [0.15, 0.2) is 23.6 Å². The van der Waals surface area contributed by atoms with Crippen molar-refractivity contribution in [2.24, 2.45) is 0 Å². The lowest BCUT2D eigenvalue weighted by atomic mass is 10.1. The van der Waals surface area contributed by atoms with E-state index in [1.165, 1.54) is 17.1 Å². The number of aromatic nitrogens is 7. The number of H-pyrrole nitrogens is 1. The van der Waals surface area contributed by atoms with Crippen LogP contribution in [-0.4, -0.2) is 109 Å². The van der Waals surface area contributed by atoms with Crippen LogP contribution in [0.2, 0.25) is 0 Å². The van der Waals surface area contributed by atoms with Gasteiger partial charge in [-0.3, -0.25) is 23.4 Å². The van der Waals surface area contributed by atoms with Crippen LogP contribution in [0.3, 0.4) is 0 Å². The van der Waals surface area contributed by atoms with Gasteiger partial charge < -0.3 is 50.8 Å². The van der Waals surface area contributed by atoms with Crippen LogP contribution in [-0.2, 0) is 23.1 Å². The predicted octanol–water partition coefficient (Wildman–Crippen LogP) is -2.90. The minimum absolute atomic E-state index is 0.0820. The topological polar surface area (TPSA) is 301 Å². The van der Waals surface area contributed by atoms with Crippen molar-refractivity contribution in [2.75, 3.05) is 24.7 Å². The summed E-state index contributed by atoms with van der Waals surface area (Å²) in [7, 11) is -5.04. The van der Waals surface area contributed by atoms with E-state index < -0.39 is 75.7 Å². The van der Waals surface area contributed by atoms with Crippen molar-refractivity contribution in [1.29, 1.82) is 0 Å². The number of nitrogens with two attached hydrogens (primary N) is 2. The van der Waals surface area contributed by atoms with Gasteiger partial charge in [-0.15, -0.1) is 0 Å². The Labute approximate surface area is 233 Å². The molecule has 226 valence electrons. The average molecular weight is 611 g/mol. The van der Waals surface area contributed by atoms with Crippen LogP contribution in [0.1, 0.15) is 12.5 Å². The van der Waals surface area contributed by atoms with Crippen molar-refractivity contribution >= 4 is 41.8 Å². The van der Waals surface area contributed by atoms with Gasteiger partial charge in [-0.25, -0.2) is 19.5 Å². The summed E-state index contributed by atoms with van der Waals surface area (Å²) in [6.07, 6.45) is -7.57. The first-order valence-corrected chi connectivity index (χ1v) is 13.9. The number of aliphatic hydroxyl groups is 4. The predicted molar refractivity (Wildman–Crippen MR) is 138 cm³/mol. The highest BCUT2D eigenvalue weighted by Gasteiger charge is 2.50. The molecule has 0 aromatic carbocycles. The van der Waals surface area contributed by atoms with E-state index in [0.717, 1.165) is 10.9 Å². The quantitative estimate of drug-likeness (QED) is 0.0926. The maximum Gasteiger partial charge on any atom is 0.472 e. The van der Waals surface area contributed by atoms with Crippen LogP contribution in [0, 0.1) is 0 Å². The zero-order valence-electron chi connectivity index (χ0n) is 21.3. The Morgan fingerprint density at radius 2 is 1.79 bits per heavy atom. The Bertz CT molecular complexity index is 1730. The molecule has 2 aliphatic heterocycles. The lowest BCUT2D eigenvalue weighted by Crippen LogP contribution is -2.36. The number of imidazole rings is 1. The number of ether oxygens (including phenoxy) is 2. The maximum absolute atomic E-state index is 13.0. The van der Waals surface area contributed by atoms with E-state index in [1.54, 1.807) is 6.07 Å². The molecule has 2 fully saturated rings. The van der Waals surface area contributed by atoms with Gasteiger partial charge in [0.2, 0.25) is 5.95 Å². The molecule has 0 radical (unpaired) electrons. The minimum Gasteiger partial charge on any atom is -0.394 e. The first-order valence-electron chi connectivity index (χ1n) is 12.4. The van der Waals surface area contributed by atoms with Crippen LogP contribution in [0.4, 0.5) is 11.8 Å². The van der Waals surface area contributed by atoms with E-state index in [2.05, 4.69) is 24.9 Å². The molecule has 0 bridgehead atoms. The number of anilines is 2. The van der Waals surface area contributed by atoms with Crippen LogP contribution < -0.4 is 17.0 Å². The highest BCUT2D eigenvalue weighted by atomic mass is 31.2. The van der Waals surface area contributed by atoms with Gasteiger partial charge in [-0.2, -0.15) is 4.98 Å². The van der Waals surface area contributed by atoms with Gasteiger partial charge in [0, 0.05) is 6.20 Å². The third-order valence-electron chi connectivity index (χ3n) is 7.03. The second-order valence-corrected chi connectivity index (χ2v) is 11.0. The fourth-order valence-corrected chi connectivity index (χ4v) is 5.91. The number of hydrogen-bond acceptors (Lipinski definition) is 16. The number of phosphoric acid groups is 1. The monoisotopic (exact) mass is 611 g/mol. The molecule has 0 saturated carbocycles. The first-order chi connectivity index (χ1) is 20.0. The largest absolute Gasteiger partial charge is 0.472 e. The smallest absolute Gasteiger partial charge is 0.394 e. The van der Waals surface area contributed by atoms with Gasteiger partial charge in [0.25, 0.3) is 5.56 Å². The number of nitrogens with zero attached hydrogens (tertiary/aromatic N) is 6. The Balaban J connectivity index is 1.19. The second-order valence-electron chi connectivity index (χ2n) is 9.61. The van der Waals surface area contributed by atoms with E-state index in [-0.39, 0.29) is 22.9 Å². The molecule has 21 heteroatoms. The molecule has 6 heterocycles. The summed E-state index contributed by atoms with van der Waals surface area (Å²) in [5.74, 6) is -0.0563. The van der Waals surface area contributed by atoms with Crippen LogP contribution >= 0.6 is 7.82 Å². The number of rotatable bonds is 8. The summed E-state index contributed by atoms with van der Waals surface area (Å²) in [6.45, 7) is -1.42. The average Bonchev–Trinajstić information content (AvgIpc) is 3.69. The molecular formula is C21H26N9O11P. The number of nitrogen functional groups attached to an aromatic ring is 2. The molecular weight excluding hydrogens is 585 g/mol. The third kappa shape index (κ3) is 4.82. The van der Waals surface area contributed by atoms with Gasteiger partial charge in [0.1, 0.15) is 54.4 Å². The summed E-state index contributed by atoms with van der Waals surface area (Å²) in [5, 5.41) is 42.0. The first kappa shape index (κ1) is 28.6. The van der Waals surface area contributed by atoms with Crippen LogP contribution in [0.25, 0.3) is 22.2 Å². The Morgan fingerprint density at radius 3 is 2.55 bits per heavy atom. The highest BCUT2D eigenvalue weighted by Crippen LogP contribution is 2.50.